The average Bonchev–Trinajstić information content (AvgIpc) is 2.57. The zero-order valence-corrected chi connectivity index (χ0v) is 12.4. The summed E-state index contributed by atoms with van der Waals surface area (Å²) in [5.74, 6) is 0.136. The zero-order chi connectivity index (χ0) is 15.7. The van der Waals surface area contributed by atoms with Crippen LogP contribution in [0, 0.1) is 0 Å². The van der Waals surface area contributed by atoms with Crippen molar-refractivity contribution in [2.45, 2.75) is 0 Å². The van der Waals surface area contributed by atoms with Crippen LogP contribution in [-0.4, -0.2) is 37.3 Å². The second kappa shape index (κ2) is 5.48. The van der Waals surface area contributed by atoms with E-state index in [0.717, 1.165) is 5.52 Å². The van der Waals surface area contributed by atoms with Gasteiger partial charge in [-0.3, -0.25) is 0 Å². The summed E-state index contributed by atoms with van der Waals surface area (Å²) in [6.07, 6.45) is 0. The zero-order valence-electron chi connectivity index (χ0n) is 12.4. The first-order valence-electron chi connectivity index (χ1n) is 6.59. The van der Waals surface area contributed by atoms with Crippen molar-refractivity contribution in [3.8, 4) is 11.5 Å². The van der Waals surface area contributed by atoms with Crippen LogP contribution in [0.1, 0.15) is 10.4 Å². The molecular formula is C16H14N2O4. The Morgan fingerprint density at radius 2 is 1.64 bits per heavy atom. The third kappa shape index (κ3) is 2.09. The number of para-hydroxylation sites is 2. The Bertz CT molecular complexity index is 877. The van der Waals surface area contributed by atoms with Crippen molar-refractivity contribution < 1.29 is 19.0 Å². The molecule has 3 aromatic rings. The molecule has 0 aliphatic rings. The van der Waals surface area contributed by atoms with E-state index < -0.39 is 5.97 Å². The molecule has 1 heterocycles. The molecule has 6 nitrogen and oxygen atoms in total. The van der Waals surface area contributed by atoms with Crippen molar-refractivity contribution in [3.63, 3.8) is 0 Å². The molecule has 0 spiro atoms. The molecule has 0 fully saturated rings. The lowest BCUT2D eigenvalue weighted by Gasteiger charge is -2.14. The van der Waals surface area contributed by atoms with Gasteiger partial charge in [0.15, 0.2) is 11.5 Å². The monoisotopic (exact) mass is 298 g/mol. The van der Waals surface area contributed by atoms with E-state index in [1.54, 1.807) is 6.07 Å². The number of benzene rings is 2. The molecule has 0 radical (unpaired) electrons. The summed E-state index contributed by atoms with van der Waals surface area (Å²) in [7, 11) is 4.27. The van der Waals surface area contributed by atoms with Gasteiger partial charge in [0.2, 0.25) is 0 Å². The lowest BCUT2D eigenvalue weighted by atomic mass is 10.1. The van der Waals surface area contributed by atoms with Crippen LogP contribution in [0.5, 0.6) is 11.5 Å². The Kier molecular flexibility index (Phi) is 3.50. The van der Waals surface area contributed by atoms with Crippen molar-refractivity contribution >= 4 is 28.0 Å². The number of carbonyl (C=O) groups is 1. The van der Waals surface area contributed by atoms with E-state index in [2.05, 4.69) is 9.97 Å². The van der Waals surface area contributed by atoms with Gasteiger partial charge in [-0.1, -0.05) is 12.1 Å². The van der Waals surface area contributed by atoms with Gasteiger partial charge in [0.25, 0.3) is 0 Å². The first kappa shape index (κ1) is 14.1. The van der Waals surface area contributed by atoms with E-state index in [1.165, 1.54) is 21.3 Å². The summed E-state index contributed by atoms with van der Waals surface area (Å²) in [5.41, 5.74) is 2.59. The summed E-state index contributed by atoms with van der Waals surface area (Å²) >= 11 is 0. The molecule has 0 amide bonds. The highest BCUT2D eigenvalue weighted by Crippen LogP contribution is 2.37. The van der Waals surface area contributed by atoms with E-state index >= 15 is 0 Å². The molecule has 1 aromatic heterocycles. The highest BCUT2D eigenvalue weighted by Gasteiger charge is 2.23. The second-order valence-corrected chi connectivity index (χ2v) is 4.56. The fraction of sp³-hybridized carbons (Fsp3) is 0.188. The highest BCUT2D eigenvalue weighted by molar-refractivity contribution is 6.07. The van der Waals surface area contributed by atoms with E-state index in [4.69, 9.17) is 14.2 Å². The maximum Gasteiger partial charge on any atom is 0.344 e. The predicted octanol–water partition coefficient (Wildman–Crippen LogP) is 2.59. The third-order valence-corrected chi connectivity index (χ3v) is 3.37. The normalized spacial score (nSPS) is 10.7. The molecule has 22 heavy (non-hydrogen) atoms. The van der Waals surface area contributed by atoms with Gasteiger partial charge in [-0.25, -0.2) is 14.8 Å². The number of fused-ring (bicyclic) bond motifs is 2. The molecule has 0 aliphatic heterocycles. The molecule has 0 aliphatic carbocycles. The smallest absolute Gasteiger partial charge is 0.344 e. The molecule has 112 valence electrons. The molecule has 0 saturated carbocycles. The maximum absolute atomic E-state index is 12.2. The molecule has 0 saturated heterocycles. The van der Waals surface area contributed by atoms with Crippen molar-refractivity contribution in [2.24, 2.45) is 0 Å². The lowest BCUT2D eigenvalue weighted by molar-refractivity contribution is 0.0598. The Hall–Kier alpha value is -2.89. The number of methoxy groups -OCH3 is 3. The van der Waals surface area contributed by atoms with Crippen LogP contribution >= 0.6 is 0 Å². The Balaban J connectivity index is 2.47. The third-order valence-electron chi connectivity index (χ3n) is 3.37. The summed E-state index contributed by atoms with van der Waals surface area (Å²) < 4.78 is 15.5. The first-order valence-corrected chi connectivity index (χ1v) is 6.59. The number of carbonyl (C=O) groups excluding carboxylic acids is 1. The van der Waals surface area contributed by atoms with Gasteiger partial charge in [0.1, 0.15) is 11.1 Å². The average molecular weight is 298 g/mol. The molecule has 0 bridgehead atoms. The molecular weight excluding hydrogens is 284 g/mol. The minimum Gasteiger partial charge on any atom is -0.493 e. The van der Waals surface area contributed by atoms with Crippen molar-refractivity contribution in [1.29, 1.82) is 0 Å². The van der Waals surface area contributed by atoms with Crippen LogP contribution in [-0.2, 0) is 4.74 Å². The number of ether oxygens (including phenoxy) is 3. The van der Waals surface area contributed by atoms with Gasteiger partial charge < -0.3 is 14.2 Å². The van der Waals surface area contributed by atoms with E-state index in [9.17, 15) is 4.79 Å². The number of aromatic nitrogens is 2. The molecule has 0 N–H and O–H groups in total. The highest BCUT2D eigenvalue weighted by atomic mass is 16.5. The fourth-order valence-electron chi connectivity index (χ4n) is 2.36. The van der Waals surface area contributed by atoms with Gasteiger partial charge in [-0.15, -0.1) is 0 Å². The Labute approximate surface area is 126 Å². The minimum absolute atomic E-state index is 0.206. The van der Waals surface area contributed by atoms with Crippen LogP contribution in [0.2, 0.25) is 0 Å². The predicted molar refractivity (Wildman–Crippen MR) is 81.5 cm³/mol. The van der Waals surface area contributed by atoms with E-state index in [0.29, 0.717) is 22.3 Å². The standard InChI is InChI=1S/C16H14N2O4/c1-20-12-8-11-14(13(15(12)21-2)16(19)22-3)18-10-7-5-4-6-9(10)17-11/h4-8H,1-3H3. The summed E-state index contributed by atoms with van der Waals surface area (Å²) in [6.45, 7) is 0. The summed E-state index contributed by atoms with van der Waals surface area (Å²) in [6, 6.07) is 9.13. The van der Waals surface area contributed by atoms with Crippen LogP contribution in [0.15, 0.2) is 30.3 Å². The molecule has 3 rings (SSSR count). The number of esters is 1. The minimum atomic E-state index is -0.551. The molecule has 0 atom stereocenters. The quantitative estimate of drug-likeness (QED) is 0.547. The molecule has 6 heteroatoms. The van der Waals surface area contributed by atoms with Crippen LogP contribution in [0.3, 0.4) is 0 Å². The largest absolute Gasteiger partial charge is 0.493 e. The van der Waals surface area contributed by atoms with Crippen molar-refractivity contribution in [2.75, 3.05) is 21.3 Å². The maximum atomic E-state index is 12.2. The number of hydrogen-bond donors (Lipinski definition) is 0. The Morgan fingerprint density at radius 1 is 0.955 bits per heavy atom. The van der Waals surface area contributed by atoms with Gasteiger partial charge >= 0.3 is 5.97 Å². The second-order valence-electron chi connectivity index (χ2n) is 4.56. The topological polar surface area (TPSA) is 70.5 Å². The van der Waals surface area contributed by atoms with E-state index in [1.807, 2.05) is 24.3 Å². The van der Waals surface area contributed by atoms with Gasteiger partial charge in [0, 0.05) is 6.07 Å². The molecule has 0 unspecified atom stereocenters. The first-order chi connectivity index (χ1) is 10.7. The summed E-state index contributed by atoms with van der Waals surface area (Å²) in [5, 5.41) is 0. The van der Waals surface area contributed by atoms with Gasteiger partial charge in [-0.05, 0) is 12.1 Å². The van der Waals surface area contributed by atoms with E-state index in [-0.39, 0.29) is 11.3 Å². The number of hydrogen-bond acceptors (Lipinski definition) is 6. The van der Waals surface area contributed by atoms with Crippen molar-refractivity contribution in [1.82, 2.24) is 9.97 Å². The number of rotatable bonds is 3. The molecule has 2 aromatic carbocycles. The van der Waals surface area contributed by atoms with Gasteiger partial charge in [-0.2, -0.15) is 0 Å². The fourth-order valence-corrected chi connectivity index (χ4v) is 2.36. The Morgan fingerprint density at radius 3 is 2.23 bits per heavy atom. The van der Waals surface area contributed by atoms with Crippen molar-refractivity contribution in [3.05, 3.63) is 35.9 Å². The number of nitrogens with zero attached hydrogens (tertiary/aromatic N) is 2. The SMILES string of the molecule is COC(=O)c1c(OC)c(OC)cc2nc3ccccc3nc12. The van der Waals surface area contributed by atoms with Gasteiger partial charge in [0.05, 0.1) is 37.9 Å². The van der Waals surface area contributed by atoms with Crippen LogP contribution in [0.25, 0.3) is 22.1 Å². The van der Waals surface area contributed by atoms with Crippen LogP contribution in [0.4, 0.5) is 0 Å². The lowest BCUT2D eigenvalue weighted by Crippen LogP contribution is -2.08. The van der Waals surface area contributed by atoms with Crippen LogP contribution < -0.4 is 9.47 Å². The summed E-state index contributed by atoms with van der Waals surface area (Å²) in [4.78, 5) is 21.3.